The molecule has 0 aliphatic heterocycles. The van der Waals surface area contributed by atoms with Gasteiger partial charge in [0.05, 0.1) is 5.52 Å². The largest absolute Gasteiger partial charge is 0.366 e. The second-order valence-electron chi connectivity index (χ2n) is 4.37. The summed E-state index contributed by atoms with van der Waals surface area (Å²) in [7, 11) is 0. The van der Waals surface area contributed by atoms with E-state index < -0.39 is 0 Å². The molecule has 1 N–H and O–H groups in total. The van der Waals surface area contributed by atoms with Crippen molar-refractivity contribution in [2.75, 3.05) is 5.32 Å². The molecule has 0 bridgehead atoms. The number of pyridine rings is 1. The van der Waals surface area contributed by atoms with Gasteiger partial charge in [0.1, 0.15) is 5.82 Å². The second-order valence-corrected chi connectivity index (χ2v) is 4.81. The Bertz CT molecular complexity index is 710. The number of nitrogens with zero attached hydrogens (tertiary/aromatic N) is 1. The number of nitrogens with one attached hydrogen (secondary N) is 1. The number of aromatic nitrogens is 1. The summed E-state index contributed by atoms with van der Waals surface area (Å²) >= 11 is 5.96. The van der Waals surface area contributed by atoms with Gasteiger partial charge in [-0.05, 0) is 35.9 Å². The molecule has 2 aromatic carbocycles. The third kappa shape index (κ3) is 2.85. The molecule has 0 atom stereocenters. The van der Waals surface area contributed by atoms with Crippen molar-refractivity contribution >= 4 is 28.3 Å². The third-order valence-electron chi connectivity index (χ3n) is 2.96. The molecule has 2 nitrogen and oxygen atoms in total. The Kier molecular flexibility index (Phi) is 3.34. The van der Waals surface area contributed by atoms with Gasteiger partial charge in [0.15, 0.2) is 0 Å². The molecular formula is C16H13ClN2. The van der Waals surface area contributed by atoms with Crippen LogP contribution in [0.15, 0.2) is 60.7 Å². The van der Waals surface area contributed by atoms with Crippen molar-refractivity contribution in [3.63, 3.8) is 0 Å². The van der Waals surface area contributed by atoms with E-state index in [-0.39, 0.29) is 0 Å². The highest BCUT2D eigenvalue weighted by Crippen LogP contribution is 2.16. The van der Waals surface area contributed by atoms with Crippen LogP contribution in [0.2, 0.25) is 5.02 Å². The van der Waals surface area contributed by atoms with Crippen molar-refractivity contribution in [1.82, 2.24) is 4.98 Å². The zero-order chi connectivity index (χ0) is 13.1. The average molecular weight is 269 g/mol. The number of para-hydroxylation sites is 1. The fraction of sp³-hybridized carbons (Fsp3) is 0.0625. The minimum Gasteiger partial charge on any atom is -0.366 e. The summed E-state index contributed by atoms with van der Waals surface area (Å²) in [6, 6.07) is 20.0. The van der Waals surface area contributed by atoms with Gasteiger partial charge in [0.25, 0.3) is 0 Å². The first-order valence-corrected chi connectivity index (χ1v) is 6.53. The minimum atomic E-state index is 0.714. The highest BCUT2D eigenvalue weighted by molar-refractivity contribution is 6.30. The van der Waals surface area contributed by atoms with Crippen LogP contribution in [0.25, 0.3) is 10.9 Å². The van der Waals surface area contributed by atoms with Gasteiger partial charge >= 0.3 is 0 Å². The van der Waals surface area contributed by atoms with Crippen LogP contribution < -0.4 is 5.32 Å². The van der Waals surface area contributed by atoms with E-state index >= 15 is 0 Å². The predicted molar refractivity (Wildman–Crippen MR) is 80.5 cm³/mol. The molecule has 1 heterocycles. The van der Waals surface area contributed by atoms with E-state index in [0.717, 1.165) is 27.3 Å². The number of hydrogen-bond acceptors (Lipinski definition) is 2. The van der Waals surface area contributed by atoms with E-state index in [0.29, 0.717) is 6.54 Å². The number of rotatable bonds is 3. The Morgan fingerprint density at radius 2 is 1.84 bits per heavy atom. The SMILES string of the molecule is Clc1cccc(CNc2ccc3ccccc3n2)c1. The Morgan fingerprint density at radius 1 is 0.947 bits per heavy atom. The Hall–Kier alpha value is -2.06. The Morgan fingerprint density at radius 3 is 2.74 bits per heavy atom. The number of hydrogen-bond donors (Lipinski definition) is 1. The lowest BCUT2D eigenvalue weighted by atomic mass is 10.2. The molecule has 0 amide bonds. The van der Waals surface area contributed by atoms with Gasteiger partial charge < -0.3 is 5.32 Å². The van der Waals surface area contributed by atoms with E-state index in [9.17, 15) is 0 Å². The van der Waals surface area contributed by atoms with E-state index in [1.807, 2.05) is 48.5 Å². The first kappa shape index (κ1) is 12.0. The zero-order valence-corrected chi connectivity index (χ0v) is 11.1. The van der Waals surface area contributed by atoms with E-state index in [1.165, 1.54) is 0 Å². The highest BCUT2D eigenvalue weighted by Gasteiger charge is 1.98. The molecular weight excluding hydrogens is 256 g/mol. The molecule has 0 saturated heterocycles. The lowest BCUT2D eigenvalue weighted by Crippen LogP contribution is -2.01. The van der Waals surface area contributed by atoms with Crippen molar-refractivity contribution in [2.45, 2.75) is 6.54 Å². The van der Waals surface area contributed by atoms with Crippen LogP contribution in [0, 0.1) is 0 Å². The van der Waals surface area contributed by atoms with Crippen molar-refractivity contribution in [2.24, 2.45) is 0 Å². The molecule has 0 saturated carbocycles. The molecule has 0 aliphatic carbocycles. The van der Waals surface area contributed by atoms with Crippen LogP contribution in [0.5, 0.6) is 0 Å². The minimum absolute atomic E-state index is 0.714. The maximum atomic E-state index is 5.96. The van der Waals surface area contributed by atoms with Gasteiger partial charge in [-0.15, -0.1) is 0 Å². The van der Waals surface area contributed by atoms with Crippen LogP contribution in [-0.4, -0.2) is 4.98 Å². The van der Waals surface area contributed by atoms with Gasteiger partial charge in [-0.25, -0.2) is 4.98 Å². The summed E-state index contributed by atoms with van der Waals surface area (Å²) in [6.45, 7) is 0.714. The summed E-state index contributed by atoms with van der Waals surface area (Å²) in [5.74, 6) is 0.874. The van der Waals surface area contributed by atoms with E-state index in [1.54, 1.807) is 0 Å². The molecule has 0 unspecified atom stereocenters. The number of benzene rings is 2. The zero-order valence-electron chi connectivity index (χ0n) is 10.3. The van der Waals surface area contributed by atoms with Gasteiger partial charge in [-0.2, -0.15) is 0 Å². The first-order valence-electron chi connectivity index (χ1n) is 6.15. The molecule has 3 aromatic rings. The maximum Gasteiger partial charge on any atom is 0.126 e. The van der Waals surface area contributed by atoms with E-state index in [2.05, 4.69) is 22.4 Å². The van der Waals surface area contributed by atoms with Crippen LogP contribution in [0.1, 0.15) is 5.56 Å². The normalized spacial score (nSPS) is 10.6. The summed E-state index contributed by atoms with van der Waals surface area (Å²) in [5.41, 5.74) is 2.14. The van der Waals surface area contributed by atoms with Crippen LogP contribution in [0.3, 0.4) is 0 Å². The lowest BCUT2D eigenvalue weighted by Gasteiger charge is -2.07. The molecule has 1 aromatic heterocycles. The standard InChI is InChI=1S/C16H13ClN2/c17-14-6-3-4-12(10-14)11-18-16-9-8-13-5-1-2-7-15(13)19-16/h1-10H,11H2,(H,18,19). The summed E-state index contributed by atoms with van der Waals surface area (Å²) in [4.78, 5) is 4.57. The summed E-state index contributed by atoms with van der Waals surface area (Å²) in [6.07, 6.45) is 0. The topological polar surface area (TPSA) is 24.9 Å². The number of anilines is 1. The monoisotopic (exact) mass is 268 g/mol. The molecule has 0 radical (unpaired) electrons. The Labute approximate surface area is 117 Å². The lowest BCUT2D eigenvalue weighted by molar-refractivity contribution is 1.12. The third-order valence-corrected chi connectivity index (χ3v) is 3.20. The Balaban J connectivity index is 1.78. The highest BCUT2D eigenvalue weighted by atomic mass is 35.5. The molecule has 0 spiro atoms. The van der Waals surface area contributed by atoms with Gasteiger partial charge in [-0.1, -0.05) is 41.9 Å². The smallest absolute Gasteiger partial charge is 0.126 e. The van der Waals surface area contributed by atoms with Crippen LogP contribution >= 0.6 is 11.6 Å². The van der Waals surface area contributed by atoms with Crippen molar-refractivity contribution < 1.29 is 0 Å². The molecule has 19 heavy (non-hydrogen) atoms. The molecule has 0 fully saturated rings. The number of halogens is 1. The summed E-state index contributed by atoms with van der Waals surface area (Å²) < 4.78 is 0. The predicted octanol–water partition coefficient (Wildman–Crippen LogP) is 4.50. The fourth-order valence-corrected chi connectivity index (χ4v) is 2.22. The van der Waals surface area contributed by atoms with Gasteiger partial charge in [0, 0.05) is 17.0 Å². The number of fused-ring (bicyclic) bond motifs is 1. The molecule has 0 aliphatic rings. The average Bonchev–Trinajstić information content (AvgIpc) is 2.45. The summed E-state index contributed by atoms with van der Waals surface area (Å²) in [5, 5.41) is 5.21. The van der Waals surface area contributed by atoms with Gasteiger partial charge in [0.2, 0.25) is 0 Å². The fourth-order valence-electron chi connectivity index (χ4n) is 2.00. The van der Waals surface area contributed by atoms with Crippen molar-refractivity contribution in [3.05, 3.63) is 71.2 Å². The molecule has 3 heteroatoms. The van der Waals surface area contributed by atoms with Crippen LogP contribution in [-0.2, 0) is 6.54 Å². The van der Waals surface area contributed by atoms with Crippen LogP contribution in [0.4, 0.5) is 5.82 Å². The second kappa shape index (κ2) is 5.29. The van der Waals surface area contributed by atoms with Crippen molar-refractivity contribution in [3.8, 4) is 0 Å². The molecule has 94 valence electrons. The van der Waals surface area contributed by atoms with Gasteiger partial charge in [-0.3, -0.25) is 0 Å². The quantitative estimate of drug-likeness (QED) is 0.756. The maximum absolute atomic E-state index is 5.96. The first-order chi connectivity index (χ1) is 9.31. The van der Waals surface area contributed by atoms with E-state index in [4.69, 9.17) is 11.6 Å². The molecule has 3 rings (SSSR count). The van der Waals surface area contributed by atoms with Crippen molar-refractivity contribution in [1.29, 1.82) is 0 Å².